The number of carboxylic acids is 1. The molecular formula is C17H11ClIN3O4. The van der Waals surface area contributed by atoms with Crippen LogP contribution >= 0.6 is 34.2 Å². The van der Waals surface area contributed by atoms with E-state index in [4.69, 9.17) is 11.6 Å². The minimum atomic E-state index is -1.28. The maximum atomic E-state index is 11.6. The van der Waals surface area contributed by atoms with Crippen molar-refractivity contribution in [1.29, 1.82) is 0 Å². The van der Waals surface area contributed by atoms with Gasteiger partial charge in [-0.05, 0) is 59.0 Å². The van der Waals surface area contributed by atoms with E-state index in [1.54, 1.807) is 41.2 Å². The van der Waals surface area contributed by atoms with Crippen LogP contribution in [0.3, 0.4) is 0 Å². The zero-order chi connectivity index (χ0) is 18.8. The van der Waals surface area contributed by atoms with E-state index in [-0.39, 0.29) is 22.6 Å². The van der Waals surface area contributed by atoms with Crippen molar-refractivity contribution in [3.8, 4) is 5.69 Å². The Balaban J connectivity index is 2.18. The van der Waals surface area contributed by atoms with E-state index in [2.05, 4.69) is 27.9 Å². The maximum absolute atomic E-state index is 11.6. The second-order valence-corrected chi connectivity index (χ2v) is 6.94. The number of benzene rings is 2. The van der Waals surface area contributed by atoms with Crippen molar-refractivity contribution in [2.75, 3.05) is 5.32 Å². The van der Waals surface area contributed by atoms with Crippen molar-refractivity contribution in [1.82, 2.24) is 4.57 Å². The molecule has 0 saturated heterocycles. The zero-order valence-corrected chi connectivity index (χ0v) is 15.9. The van der Waals surface area contributed by atoms with Crippen molar-refractivity contribution in [3.63, 3.8) is 0 Å². The van der Waals surface area contributed by atoms with Crippen molar-refractivity contribution in [2.45, 2.75) is 0 Å². The molecule has 0 unspecified atom stereocenters. The molecule has 0 amide bonds. The van der Waals surface area contributed by atoms with Gasteiger partial charge in [-0.15, -0.1) is 0 Å². The van der Waals surface area contributed by atoms with Gasteiger partial charge in [0.05, 0.1) is 26.9 Å². The van der Waals surface area contributed by atoms with Gasteiger partial charge in [0.1, 0.15) is 5.69 Å². The Bertz CT molecular complexity index is 1010. The van der Waals surface area contributed by atoms with E-state index >= 15 is 0 Å². The van der Waals surface area contributed by atoms with E-state index < -0.39 is 10.9 Å². The highest BCUT2D eigenvalue weighted by Gasteiger charge is 2.23. The van der Waals surface area contributed by atoms with Gasteiger partial charge in [0.15, 0.2) is 0 Å². The highest BCUT2D eigenvalue weighted by Crippen LogP contribution is 2.34. The predicted molar refractivity (Wildman–Crippen MR) is 107 cm³/mol. The third-order valence-electron chi connectivity index (χ3n) is 3.62. The Morgan fingerprint density at radius 2 is 1.88 bits per heavy atom. The third kappa shape index (κ3) is 3.65. The fourth-order valence-electron chi connectivity index (χ4n) is 2.44. The Hall–Kier alpha value is -2.59. The van der Waals surface area contributed by atoms with Gasteiger partial charge < -0.3 is 15.0 Å². The van der Waals surface area contributed by atoms with Crippen LogP contribution in [0.4, 0.5) is 17.1 Å². The van der Waals surface area contributed by atoms with Crippen LogP contribution in [-0.2, 0) is 0 Å². The molecule has 0 aliphatic carbocycles. The number of nitrogens with zero attached hydrogens (tertiary/aromatic N) is 2. The molecule has 7 nitrogen and oxygen atoms in total. The van der Waals surface area contributed by atoms with Gasteiger partial charge in [0.2, 0.25) is 0 Å². The van der Waals surface area contributed by atoms with Gasteiger partial charge in [0.25, 0.3) is 5.69 Å². The van der Waals surface area contributed by atoms with Gasteiger partial charge >= 0.3 is 5.97 Å². The predicted octanol–water partition coefficient (Wildman–Crippen LogP) is 5.09. The Labute approximate surface area is 166 Å². The molecule has 0 spiro atoms. The molecular weight excluding hydrogens is 473 g/mol. The quantitative estimate of drug-likeness (QED) is 0.299. The number of hydrogen-bond donors (Lipinski definition) is 2. The summed E-state index contributed by atoms with van der Waals surface area (Å²) in [5, 5.41) is 24.3. The molecule has 132 valence electrons. The van der Waals surface area contributed by atoms with Gasteiger partial charge in [-0.3, -0.25) is 10.1 Å². The first-order valence-electron chi connectivity index (χ1n) is 7.28. The van der Waals surface area contributed by atoms with Crippen molar-refractivity contribution in [2.24, 2.45) is 0 Å². The first-order chi connectivity index (χ1) is 12.4. The first-order valence-corrected chi connectivity index (χ1v) is 8.73. The number of anilines is 2. The van der Waals surface area contributed by atoms with E-state index in [1.165, 1.54) is 6.07 Å². The number of nitrogens with one attached hydrogen (secondary N) is 1. The summed E-state index contributed by atoms with van der Waals surface area (Å²) in [6.45, 7) is 0. The summed E-state index contributed by atoms with van der Waals surface area (Å²) in [4.78, 5) is 22.4. The van der Waals surface area contributed by atoms with Crippen LogP contribution in [0.25, 0.3) is 5.69 Å². The lowest BCUT2D eigenvalue weighted by Crippen LogP contribution is -2.07. The minimum Gasteiger partial charge on any atom is -0.478 e. The standard InChI is InChI=1S/C17H11ClIN3O4/c18-12-7-10(19)3-4-13(12)20-14-9-15(21-5-1-2-6-21)16(22(25)26)8-11(14)17(23)24/h1-9,20H,(H,23,24). The number of rotatable bonds is 5. The smallest absolute Gasteiger partial charge is 0.338 e. The second kappa shape index (κ2) is 7.34. The summed E-state index contributed by atoms with van der Waals surface area (Å²) >= 11 is 8.31. The number of aromatic carboxylic acids is 1. The van der Waals surface area contributed by atoms with Gasteiger partial charge in [-0.2, -0.15) is 0 Å². The molecule has 0 fully saturated rings. The Kier molecular flexibility index (Phi) is 5.14. The molecule has 3 rings (SSSR count). The second-order valence-electron chi connectivity index (χ2n) is 5.29. The summed E-state index contributed by atoms with van der Waals surface area (Å²) in [7, 11) is 0. The Morgan fingerprint density at radius 1 is 1.19 bits per heavy atom. The average molecular weight is 484 g/mol. The summed E-state index contributed by atoms with van der Waals surface area (Å²) in [6, 6.07) is 11.2. The van der Waals surface area contributed by atoms with E-state index in [1.807, 2.05) is 6.07 Å². The van der Waals surface area contributed by atoms with E-state index in [0.717, 1.165) is 9.64 Å². The molecule has 0 radical (unpaired) electrons. The molecule has 1 aromatic heterocycles. The van der Waals surface area contributed by atoms with Gasteiger partial charge in [-0.1, -0.05) is 11.6 Å². The largest absolute Gasteiger partial charge is 0.478 e. The summed E-state index contributed by atoms with van der Waals surface area (Å²) < 4.78 is 2.47. The number of carbonyl (C=O) groups is 1. The normalized spacial score (nSPS) is 10.5. The molecule has 0 bridgehead atoms. The van der Waals surface area contributed by atoms with Crippen LogP contribution in [0.5, 0.6) is 0 Å². The fraction of sp³-hybridized carbons (Fsp3) is 0. The number of nitro groups is 1. The monoisotopic (exact) mass is 483 g/mol. The highest BCUT2D eigenvalue weighted by atomic mass is 127. The molecule has 0 atom stereocenters. The van der Waals surface area contributed by atoms with Crippen molar-refractivity contribution in [3.05, 3.63) is 79.1 Å². The van der Waals surface area contributed by atoms with E-state index in [0.29, 0.717) is 10.7 Å². The van der Waals surface area contributed by atoms with Crippen LogP contribution in [0.15, 0.2) is 54.9 Å². The number of nitro benzene ring substituents is 1. The zero-order valence-electron chi connectivity index (χ0n) is 13.0. The summed E-state index contributed by atoms with van der Waals surface area (Å²) in [5.41, 5.74) is 0.422. The molecule has 2 aromatic carbocycles. The number of carboxylic acid groups (broad SMARTS) is 1. The number of hydrogen-bond acceptors (Lipinski definition) is 4. The van der Waals surface area contributed by atoms with Crippen LogP contribution in [0, 0.1) is 13.7 Å². The molecule has 1 heterocycles. The van der Waals surface area contributed by atoms with Crippen LogP contribution in [0.2, 0.25) is 5.02 Å². The summed E-state index contributed by atoms with van der Waals surface area (Å²) in [6.07, 6.45) is 3.29. The molecule has 9 heteroatoms. The van der Waals surface area contributed by atoms with Crippen molar-refractivity contribution >= 4 is 57.2 Å². The van der Waals surface area contributed by atoms with Crippen LogP contribution < -0.4 is 5.32 Å². The SMILES string of the molecule is O=C(O)c1cc([N+](=O)[O-])c(-n2cccc2)cc1Nc1ccc(I)cc1Cl. The fourth-order valence-corrected chi connectivity index (χ4v) is 3.34. The van der Waals surface area contributed by atoms with Crippen molar-refractivity contribution < 1.29 is 14.8 Å². The summed E-state index contributed by atoms with van der Waals surface area (Å²) in [5.74, 6) is -1.28. The highest BCUT2D eigenvalue weighted by molar-refractivity contribution is 14.1. The lowest BCUT2D eigenvalue weighted by Gasteiger charge is -2.14. The van der Waals surface area contributed by atoms with Crippen LogP contribution in [-0.4, -0.2) is 20.6 Å². The molecule has 26 heavy (non-hydrogen) atoms. The maximum Gasteiger partial charge on any atom is 0.338 e. The molecule has 2 N–H and O–H groups in total. The Morgan fingerprint density at radius 3 is 2.46 bits per heavy atom. The minimum absolute atomic E-state index is 0.204. The molecule has 0 aliphatic rings. The van der Waals surface area contributed by atoms with E-state index in [9.17, 15) is 20.0 Å². The molecule has 0 aliphatic heterocycles. The third-order valence-corrected chi connectivity index (χ3v) is 4.61. The number of aromatic nitrogens is 1. The van der Waals surface area contributed by atoms with Gasteiger partial charge in [-0.25, -0.2) is 4.79 Å². The average Bonchev–Trinajstić information content (AvgIpc) is 3.11. The van der Waals surface area contributed by atoms with Crippen LogP contribution in [0.1, 0.15) is 10.4 Å². The number of halogens is 2. The topological polar surface area (TPSA) is 97.4 Å². The first kappa shape index (κ1) is 18.2. The molecule has 0 saturated carbocycles. The lowest BCUT2D eigenvalue weighted by molar-refractivity contribution is -0.384. The molecule has 3 aromatic rings. The lowest BCUT2D eigenvalue weighted by atomic mass is 10.1. The van der Waals surface area contributed by atoms with Gasteiger partial charge in [0, 0.05) is 22.0 Å².